The maximum absolute atomic E-state index is 11.9. The van der Waals surface area contributed by atoms with Crippen molar-refractivity contribution >= 4 is 11.6 Å². The van der Waals surface area contributed by atoms with E-state index in [1.54, 1.807) is 25.1 Å². The predicted octanol–water partition coefficient (Wildman–Crippen LogP) is 1.55. The summed E-state index contributed by atoms with van der Waals surface area (Å²) in [6, 6.07) is 8.77. The summed E-state index contributed by atoms with van der Waals surface area (Å²) >= 11 is 0. The van der Waals surface area contributed by atoms with Crippen LogP contribution in [0.3, 0.4) is 0 Å². The van der Waals surface area contributed by atoms with Gasteiger partial charge in [-0.2, -0.15) is 0 Å². The monoisotopic (exact) mass is 255 g/mol. The standard InChI is InChI=1S/C14H13N3O2/c1-10-8-13(19-17-10)14(18)16-12-6-2-4-11(9-12)5-3-7-15/h2,4,6,8-9H,7,15H2,1H3,(H,16,18). The van der Waals surface area contributed by atoms with Crippen LogP contribution in [0.15, 0.2) is 34.9 Å². The van der Waals surface area contributed by atoms with Crippen molar-refractivity contribution in [2.45, 2.75) is 6.92 Å². The Morgan fingerprint density at radius 3 is 3.00 bits per heavy atom. The highest BCUT2D eigenvalue weighted by Crippen LogP contribution is 2.12. The van der Waals surface area contributed by atoms with Gasteiger partial charge in [-0.15, -0.1) is 0 Å². The van der Waals surface area contributed by atoms with Crippen LogP contribution in [0.5, 0.6) is 0 Å². The molecule has 2 rings (SSSR count). The minimum Gasteiger partial charge on any atom is -0.351 e. The normalized spacial score (nSPS) is 9.58. The zero-order chi connectivity index (χ0) is 13.7. The largest absolute Gasteiger partial charge is 0.351 e. The average molecular weight is 255 g/mol. The highest BCUT2D eigenvalue weighted by Gasteiger charge is 2.11. The van der Waals surface area contributed by atoms with Gasteiger partial charge in [0, 0.05) is 17.3 Å². The van der Waals surface area contributed by atoms with Crippen molar-refractivity contribution in [3.05, 3.63) is 47.3 Å². The van der Waals surface area contributed by atoms with E-state index in [0.29, 0.717) is 17.9 Å². The van der Waals surface area contributed by atoms with E-state index in [9.17, 15) is 4.79 Å². The first-order chi connectivity index (χ1) is 9.19. The van der Waals surface area contributed by atoms with Gasteiger partial charge in [0.15, 0.2) is 0 Å². The summed E-state index contributed by atoms with van der Waals surface area (Å²) in [5.41, 5.74) is 7.40. The van der Waals surface area contributed by atoms with E-state index in [2.05, 4.69) is 22.3 Å². The Hall–Kier alpha value is -2.58. The number of anilines is 1. The maximum Gasteiger partial charge on any atom is 0.294 e. The third-order valence-electron chi connectivity index (χ3n) is 2.31. The number of carbonyl (C=O) groups excluding carboxylic acids is 1. The summed E-state index contributed by atoms with van der Waals surface area (Å²) < 4.78 is 4.89. The molecule has 3 N–H and O–H groups in total. The van der Waals surface area contributed by atoms with Gasteiger partial charge in [-0.3, -0.25) is 4.79 Å². The molecule has 5 heteroatoms. The molecule has 0 spiro atoms. The summed E-state index contributed by atoms with van der Waals surface area (Å²) in [6.07, 6.45) is 0. The van der Waals surface area contributed by atoms with Crippen LogP contribution in [0.4, 0.5) is 5.69 Å². The molecule has 5 nitrogen and oxygen atoms in total. The third kappa shape index (κ3) is 3.44. The Kier molecular flexibility index (Phi) is 3.96. The summed E-state index contributed by atoms with van der Waals surface area (Å²) in [5.74, 6) is 5.49. The van der Waals surface area contributed by atoms with Crippen molar-refractivity contribution in [1.29, 1.82) is 0 Å². The van der Waals surface area contributed by atoms with Gasteiger partial charge in [-0.05, 0) is 25.1 Å². The number of nitrogens with one attached hydrogen (secondary N) is 1. The second kappa shape index (κ2) is 5.85. The number of nitrogens with two attached hydrogens (primary N) is 1. The molecule has 0 aliphatic heterocycles. The number of benzene rings is 1. The lowest BCUT2D eigenvalue weighted by atomic mass is 10.2. The fraction of sp³-hybridized carbons (Fsp3) is 0.143. The quantitative estimate of drug-likeness (QED) is 0.798. The van der Waals surface area contributed by atoms with Crippen LogP contribution in [0.2, 0.25) is 0 Å². The Morgan fingerprint density at radius 2 is 2.32 bits per heavy atom. The van der Waals surface area contributed by atoms with Crippen molar-refractivity contribution in [3.8, 4) is 11.8 Å². The molecule has 0 fully saturated rings. The summed E-state index contributed by atoms with van der Waals surface area (Å²) in [5, 5.41) is 6.38. The topological polar surface area (TPSA) is 81.2 Å². The number of aromatic nitrogens is 1. The van der Waals surface area contributed by atoms with E-state index in [4.69, 9.17) is 10.3 Å². The number of hydrogen-bond acceptors (Lipinski definition) is 4. The van der Waals surface area contributed by atoms with E-state index in [1.165, 1.54) is 0 Å². The zero-order valence-electron chi connectivity index (χ0n) is 10.4. The summed E-state index contributed by atoms with van der Waals surface area (Å²) in [6.45, 7) is 2.05. The molecule has 0 bridgehead atoms. The third-order valence-corrected chi connectivity index (χ3v) is 2.31. The van der Waals surface area contributed by atoms with Gasteiger partial charge in [-0.25, -0.2) is 0 Å². The van der Waals surface area contributed by atoms with Crippen molar-refractivity contribution in [1.82, 2.24) is 5.16 Å². The van der Waals surface area contributed by atoms with Gasteiger partial charge in [0.05, 0.1) is 12.2 Å². The minimum absolute atomic E-state index is 0.177. The van der Waals surface area contributed by atoms with Crippen molar-refractivity contribution < 1.29 is 9.32 Å². The molecule has 19 heavy (non-hydrogen) atoms. The summed E-state index contributed by atoms with van der Waals surface area (Å²) in [7, 11) is 0. The number of hydrogen-bond donors (Lipinski definition) is 2. The Labute approximate surface area is 110 Å². The lowest BCUT2D eigenvalue weighted by Gasteiger charge is -2.02. The number of amides is 1. The molecule has 0 aliphatic rings. The van der Waals surface area contributed by atoms with Gasteiger partial charge in [0.1, 0.15) is 0 Å². The van der Waals surface area contributed by atoms with E-state index >= 15 is 0 Å². The smallest absolute Gasteiger partial charge is 0.294 e. The molecule has 0 aliphatic carbocycles. The molecule has 2 aromatic rings. The zero-order valence-corrected chi connectivity index (χ0v) is 10.4. The van der Waals surface area contributed by atoms with E-state index < -0.39 is 0 Å². The lowest BCUT2D eigenvalue weighted by molar-refractivity contribution is 0.0988. The molecular weight excluding hydrogens is 242 g/mol. The van der Waals surface area contributed by atoms with Gasteiger partial charge in [0.2, 0.25) is 5.76 Å². The molecule has 1 amide bonds. The first kappa shape index (κ1) is 12.9. The Balaban J connectivity index is 2.13. The van der Waals surface area contributed by atoms with Gasteiger partial charge >= 0.3 is 0 Å². The maximum atomic E-state index is 11.9. The Morgan fingerprint density at radius 1 is 1.47 bits per heavy atom. The molecule has 1 aromatic heterocycles. The van der Waals surface area contributed by atoms with Crippen LogP contribution in [0.25, 0.3) is 0 Å². The lowest BCUT2D eigenvalue weighted by Crippen LogP contribution is -2.10. The highest BCUT2D eigenvalue weighted by molar-refractivity contribution is 6.02. The number of carbonyl (C=O) groups is 1. The van der Waals surface area contributed by atoms with Crippen molar-refractivity contribution in [3.63, 3.8) is 0 Å². The SMILES string of the molecule is Cc1cc(C(=O)Nc2cccc(C#CCN)c2)on1. The molecule has 0 saturated heterocycles. The van der Waals surface area contributed by atoms with Gasteiger partial charge in [0.25, 0.3) is 5.91 Å². The molecule has 1 heterocycles. The predicted molar refractivity (Wildman–Crippen MR) is 71.6 cm³/mol. The van der Waals surface area contributed by atoms with Crippen LogP contribution in [-0.2, 0) is 0 Å². The second-order valence-corrected chi connectivity index (χ2v) is 3.87. The molecule has 96 valence electrons. The molecule has 0 unspecified atom stereocenters. The fourth-order valence-electron chi connectivity index (χ4n) is 1.49. The van der Waals surface area contributed by atoms with Gasteiger partial charge < -0.3 is 15.6 Å². The molecule has 0 atom stereocenters. The van der Waals surface area contributed by atoms with Crippen LogP contribution in [-0.4, -0.2) is 17.6 Å². The molecular formula is C14H13N3O2. The van der Waals surface area contributed by atoms with Gasteiger partial charge in [-0.1, -0.05) is 23.1 Å². The van der Waals surface area contributed by atoms with Crippen LogP contribution >= 0.6 is 0 Å². The highest BCUT2D eigenvalue weighted by atomic mass is 16.5. The number of rotatable bonds is 2. The fourth-order valence-corrected chi connectivity index (χ4v) is 1.49. The van der Waals surface area contributed by atoms with E-state index in [-0.39, 0.29) is 11.7 Å². The molecule has 0 saturated carbocycles. The molecule has 1 aromatic carbocycles. The number of aryl methyl sites for hydroxylation is 1. The van der Waals surface area contributed by atoms with Crippen molar-refractivity contribution in [2.24, 2.45) is 5.73 Å². The second-order valence-electron chi connectivity index (χ2n) is 3.87. The molecule has 0 radical (unpaired) electrons. The van der Waals surface area contributed by atoms with Crippen molar-refractivity contribution in [2.75, 3.05) is 11.9 Å². The van der Waals surface area contributed by atoms with E-state index in [0.717, 1.165) is 5.56 Å². The Bertz CT molecular complexity index is 650. The summed E-state index contributed by atoms with van der Waals surface area (Å²) in [4.78, 5) is 11.9. The minimum atomic E-state index is -0.343. The van der Waals surface area contributed by atoms with Crippen LogP contribution < -0.4 is 11.1 Å². The first-order valence-corrected chi connectivity index (χ1v) is 5.72. The van der Waals surface area contributed by atoms with Crippen LogP contribution in [0, 0.1) is 18.8 Å². The van der Waals surface area contributed by atoms with Crippen LogP contribution in [0.1, 0.15) is 21.8 Å². The first-order valence-electron chi connectivity index (χ1n) is 5.72. The number of nitrogens with zero attached hydrogens (tertiary/aromatic N) is 1. The van der Waals surface area contributed by atoms with E-state index in [1.807, 2.05) is 12.1 Å². The average Bonchev–Trinajstić information content (AvgIpc) is 2.83.